The molecule has 24 heavy (non-hydrogen) atoms. The maximum absolute atomic E-state index is 4.70. The van der Waals surface area contributed by atoms with Gasteiger partial charge in [-0.2, -0.15) is 0 Å². The Bertz CT molecular complexity index is 663. The number of nitrogens with zero attached hydrogens (tertiary/aromatic N) is 2. The average molecular weight is 345 g/mol. The minimum Gasteiger partial charge on any atom is -0.357 e. The monoisotopic (exact) mass is 344 g/mol. The quantitative estimate of drug-likeness (QED) is 0.592. The van der Waals surface area contributed by atoms with Crippen molar-refractivity contribution in [2.75, 3.05) is 13.1 Å². The number of aromatic nitrogens is 1. The molecular weight excluding hydrogens is 316 g/mol. The van der Waals surface area contributed by atoms with Gasteiger partial charge < -0.3 is 10.6 Å². The normalized spacial score (nSPS) is 12.9. The van der Waals surface area contributed by atoms with Crippen LogP contribution < -0.4 is 10.6 Å². The summed E-state index contributed by atoms with van der Waals surface area (Å²) in [6.45, 7) is 10.2. The minimum absolute atomic E-state index is 0.218. The smallest absolute Gasteiger partial charge is 0.191 e. The third-order valence-electron chi connectivity index (χ3n) is 3.90. The van der Waals surface area contributed by atoms with Gasteiger partial charge >= 0.3 is 0 Å². The first-order valence-electron chi connectivity index (χ1n) is 8.68. The van der Waals surface area contributed by atoms with Gasteiger partial charge in [-0.15, -0.1) is 11.3 Å². The lowest BCUT2D eigenvalue weighted by Gasteiger charge is -2.19. The molecule has 0 saturated carbocycles. The lowest BCUT2D eigenvalue weighted by molar-refractivity contribution is 0.682. The zero-order chi connectivity index (χ0) is 17.4. The van der Waals surface area contributed by atoms with Gasteiger partial charge in [0.25, 0.3) is 0 Å². The summed E-state index contributed by atoms with van der Waals surface area (Å²) in [5.41, 5.74) is 2.60. The first-order chi connectivity index (χ1) is 11.6. The second kappa shape index (κ2) is 9.42. The van der Waals surface area contributed by atoms with Crippen LogP contribution in [0.15, 0.2) is 35.5 Å². The van der Waals surface area contributed by atoms with Crippen molar-refractivity contribution in [3.05, 3.63) is 51.5 Å². The van der Waals surface area contributed by atoms with Gasteiger partial charge in [0.2, 0.25) is 0 Å². The molecule has 1 aromatic carbocycles. The molecule has 5 heteroatoms. The van der Waals surface area contributed by atoms with Crippen LogP contribution in [0.5, 0.6) is 0 Å². The molecule has 2 N–H and O–H groups in total. The predicted octanol–water partition coefficient (Wildman–Crippen LogP) is 3.87. The van der Waals surface area contributed by atoms with Gasteiger partial charge in [-0.1, -0.05) is 31.2 Å². The second-order valence-electron chi connectivity index (χ2n) is 5.81. The van der Waals surface area contributed by atoms with E-state index in [9.17, 15) is 0 Å². The molecule has 2 aromatic rings. The van der Waals surface area contributed by atoms with Crippen molar-refractivity contribution in [3.8, 4) is 0 Å². The van der Waals surface area contributed by atoms with E-state index in [1.54, 1.807) is 11.3 Å². The average Bonchev–Trinajstić information content (AvgIpc) is 3.03. The van der Waals surface area contributed by atoms with Crippen LogP contribution >= 0.6 is 11.3 Å². The number of aryl methyl sites for hydroxylation is 2. The Morgan fingerprint density at radius 1 is 1.29 bits per heavy atom. The molecule has 0 bridgehead atoms. The molecule has 1 heterocycles. The van der Waals surface area contributed by atoms with E-state index in [0.717, 1.165) is 31.9 Å². The molecule has 0 fully saturated rings. The third-order valence-corrected chi connectivity index (χ3v) is 5.10. The molecule has 0 aliphatic carbocycles. The highest BCUT2D eigenvalue weighted by Gasteiger charge is 2.09. The second-order valence-corrected chi connectivity index (χ2v) is 7.01. The first kappa shape index (κ1) is 18.5. The summed E-state index contributed by atoms with van der Waals surface area (Å²) < 4.78 is 0. The molecule has 1 unspecified atom stereocenters. The number of guanidine groups is 1. The van der Waals surface area contributed by atoms with Crippen molar-refractivity contribution >= 4 is 17.3 Å². The SMILES string of the molecule is CCNC(=NCCc1ncc(CC)s1)NC(C)c1ccccc1C. The summed E-state index contributed by atoms with van der Waals surface area (Å²) in [5.74, 6) is 0.862. The van der Waals surface area contributed by atoms with E-state index in [2.05, 4.69) is 67.6 Å². The fourth-order valence-corrected chi connectivity index (χ4v) is 3.42. The Balaban J connectivity index is 1.96. The van der Waals surface area contributed by atoms with Crippen molar-refractivity contribution in [3.63, 3.8) is 0 Å². The van der Waals surface area contributed by atoms with Gasteiger partial charge in [-0.3, -0.25) is 4.99 Å². The summed E-state index contributed by atoms with van der Waals surface area (Å²) in [4.78, 5) is 10.5. The summed E-state index contributed by atoms with van der Waals surface area (Å²) in [7, 11) is 0. The van der Waals surface area contributed by atoms with E-state index in [1.807, 2.05) is 6.20 Å². The van der Waals surface area contributed by atoms with Gasteiger partial charge in [-0.25, -0.2) is 4.98 Å². The Hall–Kier alpha value is -1.88. The molecule has 2 rings (SSSR count). The van der Waals surface area contributed by atoms with E-state index in [1.165, 1.54) is 21.0 Å². The largest absolute Gasteiger partial charge is 0.357 e. The predicted molar refractivity (Wildman–Crippen MR) is 104 cm³/mol. The maximum Gasteiger partial charge on any atom is 0.191 e. The molecule has 0 radical (unpaired) electrons. The lowest BCUT2D eigenvalue weighted by atomic mass is 10.0. The van der Waals surface area contributed by atoms with Crippen LogP contribution in [0.2, 0.25) is 0 Å². The molecule has 1 aromatic heterocycles. The van der Waals surface area contributed by atoms with E-state index >= 15 is 0 Å². The highest BCUT2D eigenvalue weighted by atomic mass is 32.1. The van der Waals surface area contributed by atoms with Crippen LogP contribution in [0.3, 0.4) is 0 Å². The van der Waals surface area contributed by atoms with Crippen LogP contribution in [0, 0.1) is 6.92 Å². The molecule has 0 spiro atoms. The van der Waals surface area contributed by atoms with E-state index < -0.39 is 0 Å². The molecule has 0 amide bonds. The van der Waals surface area contributed by atoms with Gasteiger partial charge in [0.15, 0.2) is 5.96 Å². The van der Waals surface area contributed by atoms with Crippen LogP contribution in [-0.4, -0.2) is 24.0 Å². The number of rotatable bonds is 7. The number of aliphatic imine (C=N–C) groups is 1. The van der Waals surface area contributed by atoms with Crippen LogP contribution in [0.4, 0.5) is 0 Å². The fraction of sp³-hybridized carbons (Fsp3) is 0.474. The standard InChI is InChI=1S/C19H28N4S/c1-5-16-13-22-18(24-16)11-12-21-19(20-6-2)23-15(4)17-10-8-7-9-14(17)3/h7-10,13,15H,5-6,11-12H2,1-4H3,(H2,20,21,23). The van der Waals surface area contributed by atoms with Crippen molar-refractivity contribution in [1.29, 1.82) is 0 Å². The summed E-state index contributed by atoms with van der Waals surface area (Å²) in [6, 6.07) is 8.68. The summed E-state index contributed by atoms with van der Waals surface area (Å²) in [5, 5.41) is 7.99. The molecule has 130 valence electrons. The van der Waals surface area contributed by atoms with Crippen molar-refractivity contribution in [2.45, 2.75) is 46.6 Å². The Kier molecular flexibility index (Phi) is 7.25. The fourth-order valence-electron chi connectivity index (χ4n) is 2.57. The van der Waals surface area contributed by atoms with E-state index in [-0.39, 0.29) is 6.04 Å². The van der Waals surface area contributed by atoms with Gasteiger partial charge in [0.1, 0.15) is 0 Å². The molecule has 0 saturated heterocycles. The molecular formula is C19H28N4S. The van der Waals surface area contributed by atoms with Crippen LogP contribution in [-0.2, 0) is 12.8 Å². The zero-order valence-electron chi connectivity index (χ0n) is 15.1. The summed E-state index contributed by atoms with van der Waals surface area (Å²) >= 11 is 1.79. The number of hydrogen-bond acceptors (Lipinski definition) is 3. The molecule has 1 atom stereocenters. The van der Waals surface area contributed by atoms with Crippen LogP contribution in [0.1, 0.15) is 47.8 Å². The topological polar surface area (TPSA) is 49.3 Å². The highest BCUT2D eigenvalue weighted by molar-refractivity contribution is 7.11. The maximum atomic E-state index is 4.70. The summed E-state index contributed by atoms with van der Waals surface area (Å²) in [6.07, 6.45) is 3.92. The third kappa shape index (κ3) is 5.34. The highest BCUT2D eigenvalue weighted by Crippen LogP contribution is 2.16. The van der Waals surface area contributed by atoms with E-state index in [0.29, 0.717) is 0 Å². The number of benzene rings is 1. The molecule has 4 nitrogen and oxygen atoms in total. The first-order valence-corrected chi connectivity index (χ1v) is 9.49. The molecule has 0 aliphatic rings. The number of hydrogen-bond donors (Lipinski definition) is 2. The van der Waals surface area contributed by atoms with Crippen LogP contribution in [0.25, 0.3) is 0 Å². The Labute approximate surface area is 149 Å². The number of thiazole rings is 1. The van der Waals surface area contributed by atoms with Gasteiger partial charge in [-0.05, 0) is 38.3 Å². The van der Waals surface area contributed by atoms with Gasteiger partial charge in [0.05, 0.1) is 11.0 Å². The van der Waals surface area contributed by atoms with Crippen molar-refractivity contribution in [2.24, 2.45) is 4.99 Å². The lowest BCUT2D eigenvalue weighted by Crippen LogP contribution is -2.39. The number of nitrogens with one attached hydrogen (secondary N) is 2. The van der Waals surface area contributed by atoms with E-state index in [4.69, 9.17) is 4.99 Å². The molecule has 0 aliphatic heterocycles. The van der Waals surface area contributed by atoms with Crippen molar-refractivity contribution < 1.29 is 0 Å². The Morgan fingerprint density at radius 3 is 2.75 bits per heavy atom. The van der Waals surface area contributed by atoms with Crippen molar-refractivity contribution in [1.82, 2.24) is 15.6 Å². The Morgan fingerprint density at radius 2 is 2.08 bits per heavy atom. The van der Waals surface area contributed by atoms with Gasteiger partial charge in [0, 0.05) is 30.6 Å². The minimum atomic E-state index is 0.218. The zero-order valence-corrected chi connectivity index (χ0v) is 15.9.